The highest BCUT2D eigenvalue weighted by atomic mass is 32.2. The van der Waals surface area contributed by atoms with Crippen LogP contribution in [0.2, 0.25) is 0 Å². The predicted octanol–water partition coefficient (Wildman–Crippen LogP) is 1.91. The molecule has 1 aromatic rings. The number of rotatable bonds is 6. The lowest BCUT2D eigenvalue weighted by Crippen LogP contribution is -2.21. The molecule has 0 aromatic carbocycles. The van der Waals surface area contributed by atoms with Crippen LogP contribution in [0.4, 0.5) is 0 Å². The monoisotopic (exact) mass is 243 g/mol. The van der Waals surface area contributed by atoms with Gasteiger partial charge in [0.2, 0.25) is 0 Å². The number of carbonyl (C=O) groups is 1. The molecular weight excluding hydrogens is 226 g/mol. The van der Waals surface area contributed by atoms with Crippen LogP contribution in [0.3, 0.4) is 0 Å². The molecule has 0 aliphatic carbocycles. The predicted molar refractivity (Wildman–Crippen MR) is 64.7 cm³/mol. The van der Waals surface area contributed by atoms with Crippen LogP contribution in [-0.2, 0) is 11.3 Å². The van der Waals surface area contributed by atoms with Gasteiger partial charge in [0.05, 0.1) is 19.2 Å². The third-order valence-corrected chi connectivity index (χ3v) is 3.18. The smallest absolute Gasteiger partial charge is 0.341 e. The maximum atomic E-state index is 11.1. The second-order valence-corrected chi connectivity index (χ2v) is 4.75. The van der Waals surface area contributed by atoms with E-state index in [2.05, 4.69) is 23.2 Å². The molecule has 0 amide bonds. The van der Waals surface area contributed by atoms with Gasteiger partial charge in [0, 0.05) is 11.8 Å². The van der Waals surface area contributed by atoms with Gasteiger partial charge in [-0.1, -0.05) is 6.92 Å². The summed E-state index contributed by atoms with van der Waals surface area (Å²) < 4.78 is 9.82. The van der Waals surface area contributed by atoms with Gasteiger partial charge in [0.25, 0.3) is 0 Å². The molecule has 90 valence electrons. The maximum absolute atomic E-state index is 11.1. The van der Waals surface area contributed by atoms with Gasteiger partial charge < -0.3 is 14.5 Å². The molecule has 1 heterocycles. The van der Waals surface area contributed by atoms with Crippen molar-refractivity contribution in [2.24, 2.45) is 0 Å². The number of nitrogens with one attached hydrogen (secondary N) is 1. The normalized spacial score (nSPS) is 12.4. The molecule has 1 atom stereocenters. The zero-order chi connectivity index (χ0) is 12.0. The average molecular weight is 243 g/mol. The first-order valence-corrected chi connectivity index (χ1v) is 6.35. The first-order chi connectivity index (χ1) is 7.67. The summed E-state index contributed by atoms with van der Waals surface area (Å²) in [5, 5.41) is 3.82. The topological polar surface area (TPSA) is 51.5 Å². The van der Waals surface area contributed by atoms with Crippen LogP contribution in [-0.4, -0.2) is 31.1 Å². The summed E-state index contributed by atoms with van der Waals surface area (Å²) in [6.45, 7) is 3.69. The Morgan fingerprint density at radius 3 is 3.06 bits per heavy atom. The summed E-state index contributed by atoms with van der Waals surface area (Å²) in [6, 6.07) is 1.70. The quantitative estimate of drug-likeness (QED) is 0.773. The highest BCUT2D eigenvalue weighted by Crippen LogP contribution is 2.09. The molecule has 1 aromatic heterocycles. The molecule has 0 bridgehead atoms. The van der Waals surface area contributed by atoms with Crippen LogP contribution in [0.1, 0.15) is 23.0 Å². The van der Waals surface area contributed by atoms with E-state index < -0.39 is 0 Å². The second-order valence-electron chi connectivity index (χ2n) is 3.47. The summed E-state index contributed by atoms with van der Waals surface area (Å²) in [7, 11) is 1.35. The Balaban J connectivity index is 2.38. The molecule has 0 spiro atoms. The van der Waals surface area contributed by atoms with Crippen molar-refractivity contribution in [3.63, 3.8) is 0 Å². The van der Waals surface area contributed by atoms with Crippen molar-refractivity contribution in [3.8, 4) is 0 Å². The Kier molecular flexibility index (Phi) is 5.42. The van der Waals surface area contributed by atoms with Gasteiger partial charge in [-0.15, -0.1) is 0 Å². The van der Waals surface area contributed by atoms with Crippen LogP contribution in [0.5, 0.6) is 0 Å². The van der Waals surface area contributed by atoms with E-state index in [1.54, 1.807) is 17.8 Å². The van der Waals surface area contributed by atoms with Crippen LogP contribution in [0, 0.1) is 0 Å². The second kappa shape index (κ2) is 6.60. The van der Waals surface area contributed by atoms with Gasteiger partial charge in [-0.05, 0) is 12.3 Å². The van der Waals surface area contributed by atoms with E-state index in [-0.39, 0.29) is 5.97 Å². The largest absolute Gasteiger partial charge is 0.467 e. The van der Waals surface area contributed by atoms with E-state index in [0.29, 0.717) is 17.4 Å². The van der Waals surface area contributed by atoms with Gasteiger partial charge in [0.1, 0.15) is 12.0 Å². The summed E-state index contributed by atoms with van der Waals surface area (Å²) in [6.07, 6.45) is 3.50. The first-order valence-electron chi connectivity index (χ1n) is 5.06. The van der Waals surface area contributed by atoms with Crippen LogP contribution >= 0.6 is 11.8 Å². The van der Waals surface area contributed by atoms with Gasteiger partial charge in [-0.25, -0.2) is 4.79 Å². The van der Waals surface area contributed by atoms with E-state index in [1.807, 2.05) is 0 Å². The maximum Gasteiger partial charge on any atom is 0.341 e. The summed E-state index contributed by atoms with van der Waals surface area (Å²) >= 11 is 1.81. The number of hydrogen-bond donors (Lipinski definition) is 1. The number of methoxy groups -OCH3 is 1. The number of furan rings is 1. The van der Waals surface area contributed by atoms with Crippen molar-refractivity contribution >= 4 is 17.7 Å². The van der Waals surface area contributed by atoms with Crippen molar-refractivity contribution in [1.82, 2.24) is 5.32 Å². The van der Waals surface area contributed by atoms with Gasteiger partial charge >= 0.3 is 5.97 Å². The molecule has 0 saturated heterocycles. The van der Waals surface area contributed by atoms with Crippen LogP contribution in [0.15, 0.2) is 16.7 Å². The molecule has 0 aliphatic heterocycles. The lowest BCUT2D eigenvalue weighted by molar-refractivity contribution is 0.0600. The minimum Gasteiger partial charge on any atom is -0.467 e. The zero-order valence-electron chi connectivity index (χ0n) is 9.78. The molecule has 1 unspecified atom stereocenters. The number of ether oxygens (including phenoxy) is 1. The zero-order valence-corrected chi connectivity index (χ0v) is 10.6. The molecule has 0 fully saturated rings. The Bertz CT molecular complexity index is 338. The van der Waals surface area contributed by atoms with Gasteiger partial charge in [0.15, 0.2) is 0 Å². The fourth-order valence-corrected chi connectivity index (χ4v) is 1.46. The lowest BCUT2D eigenvalue weighted by Gasteiger charge is -2.07. The van der Waals surface area contributed by atoms with E-state index >= 15 is 0 Å². The van der Waals surface area contributed by atoms with Gasteiger partial charge in [-0.2, -0.15) is 11.8 Å². The molecule has 0 radical (unpaired) electrons. The third kappa shape index (κ3) is 3.90. The summed E-state index contributed by atoms with van der Waals surface area (Å²) in [5.41, 5.74) is 0.456. The average Bonchev–Trinajstić information content (AvgIpc) is 2.76. The fourth-order valence-electron chi connectivity index (χ4n) is 1.18. The first kappa shape index (κ1) is 13.1. The minimum atomic E-state index is -0.368. The SMILES string of the molecule is COC(=O)c1coc(CNCC(C)SC)c1. The van der Waals surface area contributed by atoms with E-state index in [4.69, 9.17) is 4.42 Å². The highest BCUT2D eigenvalue weighted by molar-refractivity contribution is 7.99. The van der Waals surface area contributed by atoms with E-state index in [0.717, 1.165) is 12.3 Å². The number of carbonyl (C=O) groups excluding carboxylic acids is 1. The Hall–Kier alpha value is -0.940. The molecule has 4 nitrogen and oxygen atoms in total. The van der Waals surface area contributed by atoms with Crippen LogP contribution in [0.25, 0.3) is 0 Å². The van der Waals surface area contributed by atoms with Crippen molar-refractivity contribution < 1.29 is 13.9 Å². The van der Waals surface area contributed by atoms with Crippen molar-refractivity contribution in [2.45, 2.75) is 18.7 Å². The molecule has 5 heteroatoms. The van der Waals surface area contributed by atoms with Crippen molar-refractivity contribution in [2.75, 3.05) is 19.9 Å². The number of esters is 1. The Morgan fingerprint density at radius 1 is 1.69 bits per heavy atom. The third-order valence-electron chi connectivity index (χ3n) is 2.21. The molecule has 0 aliphatic rings. The summed E-state index contributed by atoms with van der Waals surface area (Å²) in [5.74, 6) is 0.376. The lowest BCUT2D eigenvalue weighted by atomic mass is 10.3. The minimum absolute atomic E-state index is 0.368. The highest BCUT2D eigenvalue weighted by Gasteiger charge is 2.09. The van der Waals surface area contributed by atoms with Crippen LogP contribution < -0.4 is 5.32 Å². The Morgan fingerprint density at radius 2 is 2.44 bits per heavy atom. The standard InChI is InChI=1S/C11H17NO3S/c1-8(16-3)5-12-6-10-4-9(7-15-10)11(13)14-2/h4,7-8,12H,5-6H2,1-3H3. The molecule has 1 rings (SSSR count). The van der Waals surface area contributed by atoms with Crippen molar-refractivity contribution in [1.29, 1.82) is 0 Å². The molecule has 1 N–H and O–H groups in total. The van der Waals surface area contributed by atoms with E-state index in [1.165, 1.54) is 13.4 Å². The summed E-state index contributed by atoms with van der Waals surface area (Å²) in [4.78, 5) is 11.1. The fraction of sp³-hybridized carbons (Fsp3) is 0.545. The van der Waals surface area contributed by atoms with E-state index in [9.17, 15) is 4.79 Å². The van der Waals surface area contributed by atoms with Gasteiger partial charge in [-0.3, -0.25) is 0 Å². The molecular formula is C11H17NO3S. The molecule has 16 heavy (non-hydrogen) atoms. The number of hydrogen-bond acceptors (Lipinski definition) is 5. The number of thioether (sulfide) groups is 1. The van der Waals surface area contributed by atoms with Crippen molar-refractivity contribution in [3.05, 3.63) is 23.7 Å². The molecule has 0 saturated carbocycles. The Labute approximate surface area is 99.7 Å².